The molecule has 0 aromatic carbocycles. The van der Waals surface area contributed by atoms with Crippen molar-refractivity contribution in [3.05, 3.63) is 30.1 Å². The highest BCUT2D eigenvalue weighted by Crippen LogP contribution is 2.59. The quantitative estimate of drug-likeness (QED) is 0.896. The number of aromatic nitrogens is 1. The molecule has 4 bridgehead atoms. The third-order valence-corrected chi connectivity index (χ3v) is 6.08. The zero-order chi connectivity index (χ0) is 13.6. The molecular weight excluding hydrogens is 244 g/mol. The van der Waals surface area contributed by atoms with Gasteiger partial charge in [0.15, 0.2) is 0 Å². The summed E-state index contributed by atoms with van der Waals surface area (Å²) >= 11 is 0. The molecule has 0 amide bonds. The summed E-state index contributed by atoms with van der Waals surface area (Å²) in [7, 11) is 0. The molecule has 4 aliphatic rings. The van der Waals surface area contributed by atoms with Gasteiger partial charge in [0.05, 0.1) is 5.69 Å². The van der Waals surface area contributed by atoms with E-state index >= 15 is 0 Å². The number of hydrogen-bond donors (Lipinski definition) is 1. The van der Waals surface area contributed by atoms with E-state index in [1.54, 1.807) is 0 Å². The summed E-state index contributed by atoms with van der Waals surface area (Å²) in [6.07, 6.45) is 11.0. The van der Waals surface area contributed by atoms with Crippen LogP contribution in [-0.2, 0) is 0 Å². The number of pyridine rings is 1. The molecule has 4 aliphatic carbocycles. The minimum Gasteiger partial charge on any atom is -0.308 e. The van der Waals surface area contributed by atoms with E-state index in [1.165, 1.54) is 50.8 Å². The summed E-state index contributed by atoms with van der Waals surface area (Å²) in [5.74, 6) is 3.15. The molecule has 5 rings (SSSR count). The first-order valence-electron chi connectivity index (χ1n) is 8.37. The van der Waals surface area contributed by atoms with Crippen molar-refractivity contribution in [2.24, 2.45) is 23.2 Å². The van der Waals surface area contributed by atoms with Gasteiger partial charge in [0.2, 0.25) is 0 Å². The molecule has 2 heteroatoms. The first-order valence-corrected chi connectivity index (χ1v) is 8.37. The lowest BCUT2D eigenvalue weighted by Crippen LogP contribution is -2.50. The Morgan fingerprint density at radius 2 is 1.80 bits per heavy atom. The fraction of sp³-hybridized carbons (Fsp3) is 0.722. The predicted octanol–water partition coefficient (Wildman–Crippen LogP) is 3.95. The fourth-order valence-electron chi connectivity index (χ4n) is 5.61. The molecule has 108 valence electrons. The van der Waals surface area contributed by atoms with E-state index in [1.807, 2.05) is 12.3 Å². The lowest BCUT2D eigenvalue weighted by atomic mass is 9.49. The van der Waals surface area contributed by atoms with Crippen LogP contribution < -0.4 is 5.32 Å². The highest BCUT2D eigenvalue weighted by Gasteiger charge is 2.50. The van der Waals surface area contributed by atoms with Crippen molar-refractivity contribution in [3.63, 3.8) is 0 Å². The monoisotopic (exact) mass is 270 g/mol. The summed E-state index contributed by atoms with van der Waals surface area (Å²) in [6, 6.07) is 6.60. The Morgan fingerprint density at radius 3 is 2.35 bits per heavy atom. The van der Waals surface area contributed by atoms with Crippen molar-refractivity contribution < 1.29 is 0 Å². The van der Waals surface area contributed by atoms with Crippen LogP contribution in [0.3, 0.4) is 0 Å². The van der Waals surface area contributed by atoms with Crippen molar-refractivity contribution in [3.8, 4) is 0 Å². The summed E-state index contributed by atoms with van der Waals surface area (Å²) in [4.78, 5) is 4.48. The van der Waals surface area contributed by atoms with Crippen molar-refractivity contribution >= 4 is 0 Å². The third kappa shape index (κ3) is 2.28. The first kappa shape index (κ1) is 12.8. The van der Waals surface area contributed by atoms with Crippen LogP contribution in [0.15, 0.2) is 24.4 Å². The smallest absolute Gasteiger partial charge is 0.0570 e. The summed E-state index contributed by atoms with van der Waals surface area (Å²) < 4.78 is 0. The Hall–Kier alpha value is -0.890. The predicted molar refractivity (Wildman–Crippen MR) is 81.3 cm³/mol. The highest BCUT2D eigenvalue weighted by molar-refractivity contribution is 5.08. The minimum atomic E-state index is 0.379. The normalized spacial score (nSPS) is 40.0. The molecule has 1 heterocycles. The molecule has 1 atom stereocenters. The Kier molecular flexibility index (Phi) is 3.10. The van der Waals surface area contributed by atoms with Crippen LogP contribution in [0.25, 0.3) is 0 Å². The maximum atomic E-state index is 4.48. The number of nitrogens with zero attached hydrogens (tertiary/aromatic N) is 1. The van der Waals surface area contributed by atoms with Gasteiger partial charge in [-0.2, -0.15) is 0 Å². The van der Waals surface area contributed by atoms with Crippen LogP contribution >= 0.6 is 0 Å². The van der Waals surface area contributed by atoms with Gasteiger partial charge in [0.1, 0.15) is 0 Å². The van der Waals surface area contributed by atoms with Crippen molar-refractivity contribution in [1.82, 2.24) is 10.3 Å². The van der Waals surface area contributed by atoms with E-state index in [9.17, 15) is 0 Å². The van der Waals surface area contributed by atoms with E-state index < -0.39 is 0 Å². The minimum absolute atomic E-state index is 0.379. The average molecular weight is 270 g/mol. The first-order chi connectivity index (χ1) is 9.72. The second kappa shape index (κ2) is 4.84. The van der Waals surface area contributed by atoms with Crippen molar-refractivity contribution in [1.29, 1.82) is 0 Å². The molecule has 0 spiro atoms. The molecule has 0 saturated heterocycles. The lowest BCUT2D eigenvalue weighted by molar-refractivity contribution is -0.0523. The lowest BCUT2D eigenvalue weighted by Gasteiger charge is -2.57. The fourth-order valence-corrected chi connectivity index (χ4v) is 5.61. The zero-order valence-electron chi connectivity index (χ0n) is 12.5. The SMILES string of the molecule is CC(NCC12CC3CC(CC(C3)C1)C2)c1ccccn1. The van der Waals surface area contributed by atoms with Gasteiger partial charge >= 0.3 is 0 Å². The van der Waals surface area contributed by atoms with Crippen LogP contribution in [0, 0.1) is 23.2 Å². The van der Waals surface area contributed by atoms with Crippen LogP contribution in [0.2, 0.25) is 0 Å². The summed E-state index contributed by atoms with van der Waals surface area (Å²) in [6.45, 7) is 3.46. The van der Waals surface area contributed by atoms with E-state index in [0.29, 0.717) is 11.5 Å². The van der Waals surface area contributed by atoms with E-state index in [-0.39, 0.29) is 0 Å². The van der Waals surface area contributed by atoms with Gasteiger partial charge in [-0.1, -0.05) is 6.07 Å². The molecule has 1 N–H and O–H groups in total. The van der Waals surface area contributed by atoms with Crippen LogP contribution in [-0.4, -0.2) is 11.5 Å². The van der Waals surface area contributed by atoms with Crippen LogP contribution in [0.5, 0.6) is 0 Å². The standard InChI is InChI=1S/C18H26N2/c1-13(17-4-2-3-5-19-17)20-12-18-9-14-6-15(10-18)8-16(7-14)11-18/h2-5,13-16,20H,6-12H2,1H3. The molecule has 1 aromatic rings. The highest BCUT2D eigenvalue weighted by atomic mass is 14.9. The molecular formula is C18H26N2. The molecule has 0 aliphatic heterocycles. The van der Waals surface area contributed by atoms with Gasteiger partial charge in [0, 0.05) is 18.8 Å². The van der Waals surface area contributed by atoms with Crippen molar-refractivity contribution in [2.75, 3.05) is 6.54 Å². The second-order valence-corrected chi connectivity index (χ2v) is 7.77. The van der Waals surface area contributed by atoms with E-state index in [2.05, 4.69) is 29.4 Å². The molecule has 2 nitrogen and oxygen atoms in total. The number of hydrogen-bond acceptors (Lipinski definition) is 2. The van der Waals surface area contributed by atoms with Crippen LogP contribution in [0.1, 0.15) is 57.2 Å². The average Bonchev–Trinajstić information content (AvgIpc) is 2.44. The van der Waals surface area contributed by atoms with Crippen LogP contribution in [0.4, 0.5) is 0 Å². The molecule has 1 unspecified atom stereocenters. The number of rotatable bonds is 4. The van der Waals surface area contributed by atoms with Gasteiger partial charge in [-0.3, -0.25) is 4.98 Å². The summed E-state index contributed by atoms with van der Waals surface area (Å²) in [5, 5.41) is 3.79. The maximum Gasteiger partial charge on any atom is 0.0570 e. The Morgan fingerprint density at radius 1 is 1.15 bits per heavy atom. The van der Waals surface area contributed by atoms with E-state index in [0.717, 1.165) is 17.8 Å². The number of nitrogens with one attached hydrogen (secondary N) is 1. The Bertz CT molecular complexity index is 432. The molecule has 1 aromatic heterocycles. The topological polar surface area (TPSA) is 24.9 Å². The van der Waals surface area contributed by atoms with Gasteiger partial charge in [-0.05, 0) is 80.8 Å². The van der Waals surface area contributed by atoms with Gasteiger partial charge in [-0.25, -0.2) is 0 Å². The third-order valence-electron chi connectivity index (χ3n) is 6.08. The van der Waals surface area contributed by atoms with Gasteiger partial charge in [0.25, 0.3) is 0 Å². The molecule has 4 fully saturated rings. The van der Waals surface area contributed by atoms with E-state index in [4.69, 9.17) is 0 Å². The zero-order valence-corrected chi connectivity index (χ0v) is 12.5. The largest absolute Gasteiger partial charge is 0.308 e. The van der Waals surface area contributed by atoms with Crippen molar-refractivity contribution in [2.45, 2.75) is 51.5 Å². The Balaban J connectivity index is 1.42. The second-order valence-electron chi connectivity index (χ2n) is 7.77. The molecule has 0 radical (unpaired) electrons. The van der Waals surface area contributed by atoms with Gasteiger partial charge in [-0.15, -0.1) is 0 Å². The maximum absolute atomic E-state index is 4.48. The molecule has 20 heavy (non-hydrogen) atoms. The Labute approximate surface area is 122 Å². The summed E-state index contributed by atoms with van der Waals surface area (Å²) in [5.41, 5.74) is 1.80. The van der Waals surface area contributed by atoms with Gasteiger partial charge < -0.3 is 5.32 Å². The molecule has 4 saturated carbocycles.